The highest BCUT2D eigenvalue weighted by atomic mass is 19.2. The van der Waals surface area contributed by atoms with Gasteiger partial charge < -0.3 is 5.32 Å². The molecule has 3 heteroatoms. The molecule has 0 amide bonds. The van der Waals surface area contributed by atoms with Gasteiger partial charge in [0.1, 0.15) is 0 Å². The van der Waals surface area contributed by atoms with Gasteiger partial charge in [0.25, 0.3) is 0 Å². The molecule has 0 saturated heterocycles. The highest BCUT2D eigenvalue weighted by Crippen LogP contribution is 2.12. The molecule has 0 bridgehead atoms. The Morgan fingerprint density at radius 3 is 2.81 bits per heavy atom. The summed E-state index contributed by atoms with van der Waals surface area (Å²) in [6, 6.07) is 4.19. The van der Waals surface area contributed by atoms with Crippen LogP contribution in [0.1, 0.15) is 25.3 Å². The summed E-state index contributed by atoms with van der Waals surface area (Å²) in [7, 11) is 0. The lowest BCUT2D eigenvalue weighted by molar-refractivity contribution is 0.507. The fourth-order valence-electron chi connectivity index (χ4n) is 1.35. The molecule has 0 aliphatic carbocycles. The van der Waals surface area contributed by atoms with Crippen LogP contribution in [0.3, 0.4) is 0 Å². The van der Waals surface area contributed by atoms with Crippen LogP contribution < -0.4 is 5.32 Å². The van der Waals surface area contributed by atoms with Gasteiger partial charge in [0.05, 0.1) is 0 Å². The summed E-state index contributed by atoms with van der Waals surface area (Å²) in [5.41, 5.74) is 0.301. The van der Waals surface area contributed by atoms with Crippen LogP contribution in [0.15, 0.2) is 24.3 Å². The lowest BCUT2D eigenvalue weighted by Gasteiger charge is -1.99. The van der Waals surface area contributed by atoms with Gasteiger partial charge in [-0.15, -0.1) is 0 Å². The first-order valence-corrected chi connectivity index (χ1v) is 5.57. The van der Waals surface area contributed by atoms with Crippen LogP contribution in [0.2, 0.25) is 0 Å². The second kappa shape index (κ2) is 7.12. The van der Waals surface area contributed by atoms with E-state index in [4.69, 9.17) is 0 Å². The van der Waals surface area contributed by atoms with Crippen LogP contribution >= 0.6 is 0 Å². The van der Waals surface area contributed by atoms with E-state index in [-0.39, 0.29) is 0 Å². The van der Waals surface area contributed by atoms with Crippen LogP contribution in [0.4, 0.5) is 8.78 Å². The molecule has 1 aromatic rings. The minimum Gasteiger partial charge on any atom is -0.316 e. The fourth-order valence-corrected chi connectivity index (χ4v) is 1.35. The molecule has 0 radical (unpaired) electrons. The first kappa shape index (κ1) is 12.8. The first-order valence-electron chi connectivity index (χ1n) is 5.57. The van der Waals surface area contributed by atoms with Crippen LogP contribution in [-0.2, 0) is 0 Å². The highest BCUT2D eigenvalue weighted by Gasteiger charge is 2.03. The molecular weight excluding hydrogens is 208 g/mol. The van der Waals surface area contributed by atoms with Crippen LogP contribution in [-0.4, -0.2) is 13.1 Å². The second-order valence-electron chi connectivity index (χ2n) is 3.58. The van der Waals surface area contributed by atoms with E-state index < -0.39 is 11.6 Å². The lowest BCUT2D eigenvalue weighted by atomic mass is 10.2. The Kier molecular flexibility index (Phi) is 5.72. The van der Waals surface area contributed by atoms with Crippen molar-refractivity contribution in [2.45, 2.75) is 19.8 Å². The number of rotatable bonds is 6. The molecule has 0 aromatic heterocycles. The van der Waals surface area contributed by atoms with Crippen molar-refractivity contribution in [2.24, 2.45) is 0 Å². The molecule has 1 rings (SSSR count). The van der Waals surface area contributed by atoms with Gasteiger partial charge in [-0.3, -0.25) is 0 Å². The van der Waals surface area contributed by atoms with Gasteiger partial charge in [-0.2, -0.15) is 0 Å². The smallest absolute Gasteiger partial charge is 0.166 e. The van der Waals surface area contributed by atoms with Gasteiger partial charge in [0, 0.05) is 5.56 Å². The maximum Gasteiger partial charge on any atom is 0.166 e. The Balaban J connectivity index is 2.41. The number of benzene rings is 1. The molecule has 0 aliphatic heterocycles. The fraction of sp³-hybridized carbons (Fsp3) is 0.385. The summed E-state index contributed by atoms with van der Waals surface area (Å²) in [4.78, 5) is 0. The van der Waals surface area contributed by atoms with E-state index in [0.29, 0.717) is 5.56 Å². The van der Waals surface area contributed by atoms with Crippen molar-refractivity contribution in [3.63, 3.8) is 0 Å². The zero-order chi connectivity index (χ0) is 11.8. The van der Waals surface area contributed by atoms with Gasteiger partial charge >= 0.3 is 0 Å². The molecule has 0 heterocycles. The maximum absolute atomic E-state index is 13.2. The summed E-state index contributed by atoms with van der Waals surface area (Å²) >= 11 is 0. The van der Waals surface area contributed by atoms with E-state index in [0.717, 1.165) is 32.0 Å². The average molecular weight is 225 g/mol. The molecule has 0 aliphatic rings. The third kappa shape index (κ3) is 4.11. The Morgan fingerprint density at radius 1 is 1.25 bits per heavy atom. The van der Waals surface area contributed by atoms with Crippen molar-refractivity contribution >= 4 is 6.08 Å². The van der Waals surface area contributed by atoms with Crippen LogP contribution in [0.25, 0.3) is 6.08 Å². The summed E-state index contributed by atoms with van der Waals surface area (Å²) < 4.78 is 26.0. The summed E-state index contributed by atoms with van der Waals surface area (Å²) in [5.74, 6) is -1.58. The predicted octanol–water partition coefficient (Wildman–Crippen LogP) is 3.37. The molecule has 1 aromatic carbocycles. The first-order chi connectivity index (χ1) is 7.75. The average Bonchev–Trinajstić information content (AvgIpc) is 2.29. The largest absolute Gasteiger partial charge is 0.316 e. The predicted molar refractivity (Wildman–Crippen MR) is 63.2 cm³/mol. The molecule has 0 unspecified atom stereocenters. The second-order valence-corrected chi connectivity index (χ2v) is 3.58. The Bertz CT molecular complexity index is 348. The lowest BCUT2D eigenvalue weighted by Crippen LogP contribution is -2.14. The molecule has 0 saturated carbocycles. The van der Waals surface area contributed by atoms with E-state index in [1.54, 1.807) is 12.1 Å². The van der Waals surface area contributed by atoms with E-state index in [1.165, 1.54) is 6.07 Å². The number of nitrogens with one attached hydrogen (secondary N) is 1. The number of halogens is 2. The number of hydrogen-bond donors (Lipinski definition) is 1. The third-order valence-corrected chi connectivity index (χ3v) is 2.19. The standard InChI is InChI=1S/C13H17F2N/c1-2-9-16-10-4-3-6-11-7-5-8-12(14)13(11)15/h3,5-8,16H,2,4,9-10H2,1H3. The summed E-state index contributed by atoms with van der Waals surface area (Å²) in [6.07, 6.45) is 5.38. The van der Waals surface area contributed by atoms with Gasteiger partial charge in [-0.25, -0.2) is 8.78 Å². The van der Waals surface area contributed by atoms with Gasteiger partial charge in [0.15, 0.2) is 11.6 Å². The van der Waals surface area contributed by atoms with Crippen molar-refractivity contribution in [3.8, 4) is 0 Å². The third-order valence-electron chi connectivity index (χ3n) is 2.19. The van der Waals surface area contributed by atoms with Crippen molar-refractivity contribution in [2.75, 3.05) is 13.1 Å². The quantitative estimate of drug-likeness (QED) is 0.732. The Labute approximate surface area is 95.2 Å². The van der Waals surface area contributed by atoms with E-state index in [1.807, 2.05) is 6.08 Å². The van der Waals surface area contributed by atoms with Crippen molar-refractivity contribution in [1.82, 2.24) is 5.32 Å². The minimum absolute atomic E-state index is 0.301. The molecule has 1 nitrogen and oxygen atoms in total. The SMILES string of the molecule is CCCNCCC=Cc1cccc(F)c1F. The maximum atomic E-state index is 13.2. The van der Waals surface area contributed by atoms with Gasteiger partial charge in [-0.1, -0.05) is 31.2 Å². The summed E-state index contributed by atoms with van der Waals surface area (Å²) in [6.45, 7) is 3.95. The molecule has 0 fully saturated rings. The molecule has 0 spiro atoms. The van der Waals surface area contributed by atoms with Crippen molar-refractivity contribution in [1.29, 1.82) is 0 Å². The molecule has 88 valence electrons. The highest BCUT2D eigenvalue weighted by molar-refractivity contribution is 5.49. The summed E-state index contributed by atoms with van der Waals surface area (Å²) in [5, 5.41) is 3.23. The normalized spacial score (nSPS) is 11.2. The number of hydrogen-bond acceptors (Lipinski definition) is 1. The topological polar surface area (TPSA) is 12.0 Å². The van der Waals surface area contributed by atoms with Crippen LogP contribution in [0, 0.1) is 11.6 Å². The van der Waals surface area contributed by atoms with E-state index in [9.17, 15) is 8.78 Å². The Hall–Kier alpha value is -1.22. The van der Waals surface area contributed by atoms with Crippen molar-refractivity contribution in [3.05, 3.63) is 41.5 Å². The zero-order valence-electron chi connectivity index (χ0n) is 9.47. The van der Waals surface area contributed by atoms with Crippen molar-refractivity contribution < 1.29 is 8.78 Å². The monoisotopic (exact) mass is 225 g/mol. The van der Waals surface area contributed by atoms with E-state index in [2.05, 4.69) is 12.2 Å². The van der Waals surface area contributed by atoms with Gasteiger partial charge in [0.2, 0.25) is 0 Å². The molecule has 1 N–H and O–H groups in total. The Morgan fingerprint density at radius 2 is 2.06 bits per heavy atom. The van der Waals surface area contributed by atoms with E-state index >= 15 is 0 Å². The van der Waals surface area contributed by atoms with Crippen LogP contribution in [0.5, 0.6) is 0 Å². The molecule has 16 heavy (non-hydrogen) atoms. The zero-order valence-corrected chi connectivity index (χ0v) is 9.47. The van der Waals surface area contributed by atoms with Gasteiger partial charge in [-0.05, 0) is 32.0 Å². The molecular formula is C13H17F2N. The minimum atomic E-state index is -0.800. The molecule has 0 atom stereocenters.